The Morgan fingerprint density at radius 2 is 1.85 bits per heavy atom. The summed E-state index contributed by atoms with van der Waals surface area (Å²) in [7, 11) is -2.73. The van der Waals surface area contributed by atoms with Crippen molar-refractivity contribution in [1.82, 2.24) is 10.2 Å². The molecule has 0 aromatic carbocycles. The van der Waals surface area contributed by atoms with Crippen LogP contribution < -0.4 is 10.2 Å². The first-order valence-electron chi connectivity index (χ1n) is 4.49. The molecule has 74 valence electrons. The predicted molar refractivity (Wildman–Crippen MR) is 49.9 cm³/mol. The molecule has 2 aliphatic rings. The molecular formula is C7H14N3O2P. The monoisotopic (exact) mass is 203 g/mol. The van der Waals surface area contributed by atoms with Crippen LogP contribution in [0.1, 0.15) is 6.42 Å². The maximum atomic E-state index is 8.57. The van der Waals surface area contributed by atoms with Crippen LogP contribution in [0, 0.1) is 11.3 Å². The minimum absolute atomic E-state index is 0.470. The van der Waals surface area contributed by atoms with Gasteiger partial charge < -0.3 is 0 Å². The Labute approximate surface area is 77.6 Å². The third kappa shape index (κ3) is 1.45. The third-order valence-corrected chi connectivity index (χ3v) is 6.65. The molecule has 2 N–H and O–H groups in total. The fourth-order valence-corrected chi connectivity index (χ4v) is 5.51. The molecule has 0 aromatic heterocycles. The quantitative estimate of drug-likeness (QED) is 0.634. The average molecular weight is 203 g/mol. The zero-order chi connectivity index (χ0) is 9.23. The van der Waals surface area contributed by atoms with E-state index in [-0.39, 0.29) is 0 Å². The van der Waals surface area contributed by atoms with E-state index >= 15 is 0 Å². The second-order valence-corrected chi connectivity index (χ2v) is 7.09. The van der Waals surface area contributed by atoms with E-state index in [1.165, 1.54) is 0 Å². The van der Waals surface area contributed by atoms with Crippen LogP contribution in [0.3, 0.4) is 0 Å². The van der Waals surface area contributed by atoms with Gasteiger partial charge in [0.1, 0.15) is 0 Å². The van der Waals surface area contributed by atoms with E-state index in [0.29, 0.717) is 25.8 Å². The van der Waals surface area contributed by atoms with E-state index in [2.05, 4.69) is 16.2 Å². The second kappa shape index (κ2) is 3.16. The molecule has 0 atom stereocenters. The van der Waals surface area contributed by atoms with Crippen LogP contribution in [0.5, 0.6) is 0 Å². The Hall–Kier alpha value is -0.240. The molecular weight excluding hydrogens is 189 g/mol. The molecule has 13 heavy (non-hydrogen) atoms. The van der Waals surface area contributed by atoms with Crippen molar-refractivity contribution in [2.75, 3.05) is 32.5 Å². The normalized spacial score (nSPS) is 32.4. The number of nitrogens with zero attached hydrogens (tertiary/aromatic N) is 1. The molecule has 6 heteroatoms. The minimum atomic E-state index is -2.73. The van der Waals surface area contributed by atoms with Gasteiger partial charge in [0.05, 0.1) is 0 Å². The van der Waals surface area contributed by atoms with Gasteiger partial charge in [-0.2, -0.15) is 0 Å². The molecule has 2 saturated heterocycles. The van der Waals surface area contributed by atoms with Crippen molar-refractivity contribution in [1.29, 1.82) is 5.26 Å². The summed E-state index contributed by atoms with van der Waals surface area (Å²) in [5.74, 6) is 0. The van der Waals surface area contributed by atoms with Crippen molar-refractivity contribution in [3.8, 4) is 6.07 Å². The standard InChI is InChI=1S/C7H14N3O2P/c8-2-1-7-13(9-3-5-11-13)10-4-6-12-13/h9-10H,1,3-7H2. The van der Waals surface area contributed by atoms with E-state index in [1.54, 1.807) is 0 Å². The van der Waals surface area contributed by atoms with Gasteiger partial charge in [-0.15, -0.1) is 0 Å². The fraction of sp³-hybridized carbons (Fsp3) is 0.857. The molecule has 0 aromatic rings. The van der Waals surface area contributed by atoms with Crippen molar-refractivity contribution >= 4 is 7.36 Å². The van der Waals surface area contributed by atoms with E-state index < -0.39 is 7.36 Å². The molecule has 0 saturated carbocycles. The molecule has 2 heterocycles. The summed E-state index contributed by atoms with van der Waals surface area (Å²) in [6.07, 6.45) is 1.12. The summed E-state index contributed by atoms with van der Waals surface area (Å²) in [6, 6.07) is 2.13. The van der Waals surface area contributed by atoms with Crippen LogP contribution in [-0.4, -0.2) is 32.5 Å². The summed E-state index contributed by atoms with van der Waals surface area (Å²) in [5, 5.41) is 15.2. The van der Waals surface area contributed by atoms with Gasteiger partial charge in [0, 0.05) is 0 Å². The first kappa shape index (κ1) is 9.32. The van der Waals surface area contributed by atoms with Gasteiger partial charge >= 0.3 is 76.8 Å². The number of nitrogens with one attached hydrogen (secondary N) is 2. The van der Waals surface area contributed by atoms with Crippen molar-refractivity contribution in [3.05, 3.63) is 0 Å². The molecule has 2 rings (SSSR count). The summed E-state index contributed by atoms with van der Waals surface area (Å²) >= 11 is 0. The maximum absolute atomic E-state index is 8.57. The molecule has 1 spiro atoms. The van der Waals surface area contributed by atoms with E-state index in [0.717, 1.165) is 13.1 Å². The molecule has 2 aliphatic heterocycles. The Morgan fingerprint density at radius 3 is 2.23 bits per heavy atom. The van der Waals surface area contributed by atoms with E-state index in [1.807, 2.05) is 0 Å². The Morgan fingerprint density at radius 1 is 1.23 bits per heavy atom. The molecule has 0 radical (unpaired) electrons. The number of hydrogen-bond acceptors (Lipinski definition) is 5. The Balaban J connectivity index is 2.14. The van der Waals surface area contributed by atoms with Crippen LogP contribution in [-0.2, 0) is 9.05 Å². The number of rotatable bonds is 2. The molecule has 5 nitrogen and oxygen atoms in total. The summed E-state index contributed by atoms with van der Waals surface area (Å²) in [5.41, 5.74) is 0. The fourth-order valence-electron chi connectivity index (χ4n) is 1.84. The Bertz CT molecular complexity index is 217. The molecule has 0 unspecified atom stereocenters. The van der Waals surface area contributed by atoms with E-state index in [9.17, 15) is 0 Å². The van der Waals surface area contributed by atoms with Crippen LogP contribution in [0.25, 0.3) is 0 Å². The van der Waals surface area contributed by atoms with Gasteiger partial charge in [-0.05, 0) is 0 Å². The van der Waals surface area contributed by atoms with Gasteiger partial charge in [0.15, 0.2) is 0 Å². The van der Waals surface area contributed by atoms with Crippen LogP contribution in [0.4, 0.5) is 0 Å². The van der Waals surface area contributed by atoms with Gasteiger partial charge in [0.25, 0.3) is 0 Å². The summed E-state index contributed by atoms with van der Waals surface area (Å²) in [6.45, 7) is 2.99. The topological polar surface area (TPSA) is 66.3 Å². The van der Waals surface area contributed by atoms with E-state index in [4.69, 9.17) is 14.3 Å². The van der Waals surface area contributed by atoms with Crippen molar-refractivity contribution < 1.29 is 9.05 Å². The SMILES string of the molecule is N#CCCP12(NCCO1)NCCO2. The van der Waals surface area contributed by atoms with Crippen LogP contribution in [0.2, 0.25) is 0 Å². The zero-order valence-electron chi connectivity index (χ0n) is 7.45. The number of nitriles is 1. The third-order valence-electron chi connectivity index (χ3n) is 2.43. The summed E-state index contributed by atoms with van der Waals surface area (Å²) in [4.78, 5) is 0. The molecule has 0 aliphatic carbocycles. The molecule has 0 bridgehead atoms. The van der Waals surface area contributed by atoms with Crippen molar-refractivity contribution in [2.45, 2.75) is 6.42 Å². The van der Waals surface area contributed by atoms with Crippen LogP contribution >= 0.6 is 7.36 Å². The molecule has 2 fully saturated rings. The average Bonchev–Trinajstić information content (AvgIpc) is 2.75. The first-order chi connectivity index (χ1) is 6.29. The number of hydrogen-bond donors (Lipinski definition) is 2. The first-order valence-corrected chi connectivity index (χ1v) is 6.75. The van der Waals surface area contributed by atoms with Gasteiger partial charge in [-0.25, -0.2) is 0 Å². The van der Waals surface area contributed by atoms with Gasteiger partial charge in [-0.1, -0.05) is 0 Å². The van der Waals surface area contributed by atoms with Gasteiger partial charge in [-0.3, -0.25) is 0 Å². The van der Waals surface area contributed by atoms with Crippen LogP contribution in [0.15, 0.2) is 0 Å². The van der Waals surface area contributed by atoms with Gasteiger partial charge in [0.2, 0.25) is 0 Å². The Kier molecular flexibility index (Phi) is 2.26. The zero-order valence-corrected chi connectivity index (χ0v) is 8.35. The molecule has 0 amide bonds. The summed E-state index contributed by atoms with van der Waals surface area (Å²) < 4.78 is 11.5. The predicted octanol–water partition coefficient (Wildman–Crippen LogP) is 0.353. The second-order valence-electron chi connectivity index (χ2n) is 3.24. The van der Waals surface area contributed by atoms with Crippen molar-refractivity contribution in [2.24, 2.45) is 0 Å². The van der Waals surface area contributed by atoms with Crippen molar-refractivity contribution in [3.63, 3.8) is 0 Å².